The fourth-order valence-corrected chi connectivity index (χ4v) is 6.09. The maximum absolute atomic E-state index is 13.0. The van der Waals surface area contributed by atoms with Crippen molar-refractivity contribution >= 4 is 33.4 Å². The minimum atomic E-state index is -3.50. The molecule has 0 spiro atoms. The fourth-order valence-electron chi connectivity index (χ4n) is 2.66. The smallest absolute Gasteiger partial charge is 0.207 e. The molecule has 0 radical (unpaired) electrons. The second-order valence-corrected chi connectivity index (χ2v) is 8.91. The van der Waals surface area contributed by atoms with Gasteiger partial charge in [0.25, 0.3) is 0 Å². The molecule has 0 amide bonds. The summed E-state index contributed by atoms with van der Waals surface area (Å²) in [5.74, 6) is 0.781. The molecule has 2 aromatic carbocycles. The molecule has 1 heterocycles. The molecule has 1 atom stereocenters. The Morgan fingerprint density at radius 3 is 2.61 bits per heavy atom. The lowest BCUT2D eigenvalue weighted by Gasteiger charge is -2.23. The van der Waals surface area contributed by atoms with Crippen LogP contribution in [-0.4, -0.2) is 25.0 Å². The molecule has 1 fully saturated rings. The van der Waals surface area contributed by atoms with Crippen LogP contribution in [0.15, 0.2) is 53.4 Å². The van der Waals surface area contributed by atoms with Crippen LogP contribution in [0.3, 0.4) is 0 Å². The summed E-state index contributed by atoms with van der Waals surface area (Å²) in [5.41, 5.74) is 2.06. The quantitative estimate of drug-likeness (QED) is 0.806. The third-order valence-corrected chi connectivity index (χ3v) is 7.43. The van der Waals surface area contributed by atoms with Crippen LogP contribution in [0.1, 0.15) is 23.4 Å². The molecule has 0 saturated carbocycles. The van der Waals surface area contributed by atoms with E-state index in [1.54, 1.807) is 34.3 Å². The molecule has 0 aromatic heterocycles. The third kappa shape index (κ3) is 3.43. The van der Waals surface area contributed by atoms with Crippen molar-refractivity contribution in [1.29, 1.82) is 0 Å². The van der Waals surface area contributed by atoms with E-state index < -0.39 is 10.0 Å². The highest BCUT2D eigenvalue weighted by atomic mass is 35.5. The fraction of sp³-hybridized carbons (Fsp3) is 0.294. The van der Waals surface area contributed by atoms with E-state index in [0.29, 0.717) is 16.5 Å². The van der Waals surface area contributed by atoms with Gasteiger partial charge in [0.15, 0.2) is 0 Å². The van der Waals surface area contributed by atoms with Crippen molar-refractivity contribution in [3.63, 3.8) is 0 Å². The first-order valence-electron chi connectivity index (χ1n) is 7.50. The molecule has 0 N–H and O–H groups in total. The summed E-state index contributed by atoms with van der Waals surface area (Å²) in [7, 11) is -3.50. The van der Waals surface area contributed by atoms with E-state index in [1.807, 2.05) is 30.3 Å². The van der Waals surface area contributed by atoms with Crippen LogP contribution in [0.25, 0.3) is 0 Å². The molecule has 23 heavy (non-hydrogen) atoms. The lowest BCUT2D eigenvalue weighted by molar-refractivity contribution is 0.434. The van der Waals surface area contributed by atoms with Gasteiger partial charge in [0.1, 0.15) is 0 Å². The zero-order valence-electron chi connectivity index (χ0n) is 12.8. The van der Waals surface area contributed by atoms with Crippen LogP contribution in [0.4, 0.5) is 0 Å². The maximum Gasteiger partial charge on any atom is 0.244 e. The summed E-state index contributed by atoms with van der Waals surface area (Å²) in [6.07, 6.45) is 0.894. The molecule has 6 heteroatoms. The molecule has 1 saturated heterocycles. The number of aryl methyl sites for hydroxylation is 1. The van der Waals surface area contributed by atoms with Crippen LogP contribution in [-0.2, 0) is 16.4 Å². The van der Waals surface area contributed by atoms with Crippen molar-refractivity contribution in [1.82, 2.24) is 4.31 Å². The first-order chi connectivity index (χ1) is 11.0. The number of thioether (sulfide) groups is 1. The topological polar surface area (TPSA) is 37.4 Å². The molecule has 0 unspecified atom stereocenters. The van der Waals surface area contributed by atoms with Gasteiger partial charge in [0.2, 0.25) is 10.0 Å². The number of halogens is 1. The van der Waals surface area contributed by atoms with Gasteiger partial charge in [0.05, 0.1) is 10.3 Å². The molecule has 3 nitrogen and oxygen atoms in total. The standard InChI is InChI=1S/C17H18ClNO2S2/c1-2-13-6-8-16(9-7-13)23(20,21)19-10-11-22-17(19)14-4-3-5-15(18)12-14/h3-9,12,17H,2,10-11H2,1H3/t17-/m0/s1. The van der Waals surface area contributed by atoms with Crippen molar-refractivity contribution in [2.75, 3.05) is 12.3 Å². The van der Waals surface area contributed by atoms with Gasteiger partial charge in [-0.15, -0.1) is 11.8 Å². The van der Waals surface area contributed by atoms with E-state index in [4.69, 9.17) is 11.6 Å². The van der Waals surface area contributed by atoms with E-state index in [1.165, 1.54) is 0 Å². The molecule has 0 aliphatic carbocycles. The summed E-state index contributed by atoms with van der Waals surface area (Å²) in [5, 5.41) is 0.407. The van der Waals surface area contributed by atoms with Gasteiger partial charge in [0, 0.05) is 17.3 Å². The lowest BCUT2D eigenvalue weighted by Crippen LogP contribution is -2.30. The van der Waals surface area contributed by atoms with Gasteiger partial charge in [-0.2, -0.15) is 4.31 Å². The van der Waals surface area contributed by atoms with Crippen LogP contribution < -0.4 is 0 Å². The van der Waals surface area contributed by atoms with E-state index in [2.05, 4.69) is 6.92 Å². The van der Waals surface area contributed by atoms with Crippen LogP contribution in [0, 0.1) is 0 Å². The third-order valence-electron chi connectivity index (χ3n) is 3.92. The summed E-state index contributed by atoms with van der Waals surface area (Å²) in [6.45, 7) is 2.56. The number of hydrogen-bond donors (Lipinski definition) is 0. The second-order valence-electron chi connectivity index (χ2n) is 5.39. The molecule has 1 aliphatic rings. The van der Waals surface area contributed by atoms with Crippen molar-refractivity contribution in [3.8, 4) is 0 Å². The Hall–Kier alpha value is -1.01. The Morgan fingerprint density at radius 2 is 1.96 bits per heavy atom. The minimum Gasteiger partial charge on any atom is -0.207 e. The first-order valence-corrected chi connectivity index (χ1v) is 10.4. The van der Waals surface area contributed by atoms with Gasteiger partial charge in [-0.05, 0) is 41.8 Å². The summed E-state index contributed by atoms with van der Waals surface area (Å²) in [4.78, 5) is 0.351. The number of nitrogens with zero attached hydrogens (tertiary/aromatic N) is 1. The Morgan fingerprint density at radius 1 is 1.22 bits per heavy atom. The summed E-state index contributed by atoms with van der Waals surface area (Å²) >= 11 is 7.69. The van der Waals surface area contributed by atoms with Crippen molar-refractivity contribution in [3.05, 3.63) is 64.7 Å². The highest BCUT2D eigenvalue weighted by Crippen LogP contribution is 2.41. The molecular weight excluding hydrogens is 350 g/mol. The SMILES string of the molecule is CCc1ccc(S(=O)(=O)N2CCS[C@H]2c2cccc(Cl)c2)cc1. The number of hydrogen-bond acceptors (Lipinski definition) is 3. The summed E-state index contributed by atoms with van der Waals surface area (Å²) < 4.78 is 27.5. The van der Waals surface area contributed by atoms with Gasteiger partial charge in [-0.1, -0.05) is 42.8 Å². The Kier molecular flexibility index (Phi) is 5.01. The monoisotopic (exact) mass is 367 g/mol. The van der Waals surface area contributed by atoms with E-state index >= 15 is 0 Å². The van der Waals surface area contributed by atoms with Crippen LogP contribution in [0.5, 0.6) is 0 Å². The van der Waals surface area contributed by atoms with Gasteiger partial charge >= 0.3 is 0 Å². The van der Waals surface area contributed by atoms with Crippen molar-refractivity contribution in [2.45, 2.75) is 23.6 Å². The number of benzene rings is 2. The van der Waals surface area contributed by atoms with E-state index in [9.17, 15) is 8.42 Å². The largest absolute Gasteiger partial charge is 0.244 e. The molecule has 0 bridgehead atoms. The highest BCUT2D eigenvalue weighted by Gasteiger charge is 2.36. The van der Waals surface area contributed by atoms with Crippen molar-refractivity contribution in [2.24, 2.45) is 0 Å². The second kappa shape index (κ2) is 6.85. The van der Waals surface area contributed by atoms with Gasteiger partial charge < -0.3 is 0 Å². The van der Waals surface area contributed by atoms with Crippen molar-refractivity contribution < 1.29 is 8.42 Å². The molecule has 122 valence electrons. The molecule has 2 aromatic rings. The van der Waals surface area contributed by atoms with Gasteiger partial charge in [-0.3, -0.25) is 0 Å². The normalized spacial score (nSPS) is 19.1. The number of sulfonamides is 1. The van der Waals surface area contributed by atoms with E-state index in [-0.39, 0.29) is 5.37 Å². The average Bonchev–Trinajstić information content (AvgIpc) is 3.05. The molecular formula is C17H18ClNO2S2. The predicted octanol–water partition coefficient (Wildman–Crippen LogP) is 4.34. The summed E-state index contributed by atoms with van der Waals surface area (Å²) in [6, 6.07) is 14.6. The predicted molar refractivity (Wildman–Crippen MR) is 96.4 cm³/mol. The maximum atomic E-state index is 13.0. The lowest BCUT2D eigenvalue weighted by atomic mass is 10.2. The minimum absolute atomic E-state index is 0.218. The highest BCUT2D eigenvalue weighted by molar-refractivity contribution is 8.01. The van der Waals surface area contributed by atoms with Gasteiger partial charge in [-0.25, -0.2) is 8.42 Å². The number of rotatable bonds is 4. The van der Waals surface area contributed by atoms with Crippen LogP contribution in [0.2, 0.25) is 5.02 Å². The molecule has 3 rings (SSSR count). The molecule has 1 aliphatic heterocycles. The zero-order valence-corrected chi connectivity index (χ0v) is 15.2. The zero-order chi connectivity index (χ0) is 16.4. The average molecular weight is 368 g/mol. The Balaban J connectivity index is 1.94. The first kappa shape index (κ1) is 16.8. The van der Waals surface area contributed by atoms with E-state index in [0.717, 1.165) is 23.3 Å². The van der Waals surface area contributed by atoms with Crippen LogP contribution >= 0.6 is 23.4 Å². The Labute approximate surface area is 146 Å². The Bertz CT molecular complexity index is 790.